The summed E-state index contributed by atoms with van der Waals surface area (Å²) in [4.78, 5) is 0. The second-order valence-corrected chi connectivity index (χ2v) is 6.83. The van der Waals surface area contributed by atoms with Crippen molar-refractivity contribution in [2.45, 2.75) is 5.25 Å². The first-order chi connectivity index (χ1) is 3.70. The van der Waals surface area contributed by atoms with Gasteiger partial charge in [-0.15, -0.1) is 0 Å². The van der Waals surface area contributed by atoms with Crippen molar-refractivity contribution in [1.29, 1.82) is 0 Å². The molecule has 0 amide bonds. The van der Waals surface area contributed by atoms with Gasteiger partial charge in [-0.1, -0.05) is 0 Å². The maximum atomic E-state index is 10.6. The van der Waals surface area contributed by atoms with Crippen LogP contribution in [0, 0.1) is 0 Å². The minimum Gasteiger partial charge on any atom is -0.248 e. The minimum atomic E-state index is -0.621. The predicted molar refractivity (Wildman–Crippen MR) is 51.5 cm³/mol. The van der Waals surface area contributed by atoms with Crippen molar-refractivity contribution in [2.24, 2.45) is 0 Å². The lowest BCUT2D eigenvalue weighted by atomic mass is 10.3. The molecule has 1 unspecified atom stereocenters. The van der Waals surface area contributed by atoms with Gasteiger partial charge in [0.2, 0.25) is 0 Å². The molecular formula is C3H5I2NOS. The molecule has 0 radical (unpaired) electrons. The van der Waals surface area contributed by atoms with Crippen LogP contribution in [0.15, 0.2) is 0 Å². The number of halogens is 2. The lowest BCUT2D eigenvalue weighted by Crippen LogP contribution is -2.45. The molecule has 0 aromatic carbocycles. The van der Waals surface area contributed by atoms with E-state index >= 15 is 0 Å². The molecule has 5 heteroatoms. The summed E-state index contributed by atoms with van der Waals surface area (Å²) in [7, 11) is -0.621. The zero-order valence-electron chi connectivity index (χ0n) is 4.01. The summed E-state index contributed by atoms with van der Waals surface area (Å²) in [5, 5.41) is 0.437. The minimum absolute atomic E-state index is 0.437. The summed E-state index contributed by atoms with van der Waals surface area (Å²) in [6.07, 6.45) is 0. The molecule has 1 saturated heterocycles. The van der Waals surface area contributed by atoms with Crippen LogP contribution in [0.5, 0.6) is 0 Å². The normalized spacial score (nSPS) is 27.2. The molecule has 0 N–H and O–H groups in total. The third kappa shape index (κ3) is 1.77. The molecular weight excluding hydrogens is 352 g/mol. The lowest BCUT2D eigenvalue weighted by Gasteiger charge is -2.31. The molecule has 8 heavy (non-hydrogen) atoms. The van der Waals surface area contributed by atoms with Crippen molar-refractivity contribution in [3.63, 3.8) is 0 Å². The van der Waals surface area contributed by atoms with Gasteiger partial charge in [0.15, 0.2) is 0 Å². The fraction of sp³-hybridized carbons (Fsp3) is 1.00. The molecule has 0 saturated carbocycles. The Labute approximate surface area is 76.9 Å². The standard InChI is InChI=1S/C3H5I2NOS/c4-6-1-3(2-6)8(5)7/h3H,1-2H2. The summed E-state index contributed by atoms with van der Waals surface area (Å²) in [5.74, 6) is 0. The zero-order valence-corrected chi connectivity index (χ0v) is 9.14. The Kier molecular flexibility index (Phi) is 2.98. The Balaban J connectivity index is 2.25. The molecule has 0 aliphatic carbocycles. The van der Waals surface area contributed by atoms with E-state index in [2.05, 4.69) is 26.0 Å². The van der Waals surface area contributed by atoms with E-state index in [1.165, 1.54) is 0 Å². The molecule has 0 spiro atoms. The van der Waals surface area contributed by atoms with Gasteiger partial charge in [0.1, 0.15) is 0 Å². The second-order valence-electron chi connectivity index (χ2n) is 1.70. The predicted octanol–water partition coefficient (Wildman–Crippen LogP) is 1.12. The van der Waals surface area contributed by atoms with Crippen LogP contribution in [0.1, 0.15) is 0 Å². The van der Waals surface area contributed by atoms with Crippen LogP contribution in [0.4, 0.5) is 0 Å². The molecule has 1 aliphatic heterocycles. The van der Waals surface area contributed by atoms with E-state index in [4.69, 9.17) is 0 Å². The van der Waals surface area contributed by atoms with Gasteiger partial charge in [0.25, 0.3) is 0 Å². The van der Waals surface area contributed by atoms with Crippen LogP contribution in [-0.4, -0.2) is 25.7 Å². The molecule has 1 heterocycles. The van der Waals surface area contributed by atoms with E-state index in [-0.39, 0.29) is 0 Å². The van der Waals surface area contributed by atoms with E-state index < -0.39 is 7.97 Å². The first kappa shape index (κ1) is 7.67. The van der Waals surface area contributed by atoms with Gasteiger partial charge in [-0.05, 0) is 0 Å². The van der Waals surface area contributed by atoms with Gasteiger partial charge in [-0.2, -0.15) is 0 Å². The zero-order chi connectivity index (χ0) is 6.15. The van der Waals surface area contributed by atoms with Crippen LogP contribution in [0.3, 0.4) is 0 Å². The molecule has 1 aliphatic rings. The van der Waals surface area contributed by atoms with Crippen LogP contribution < -0.4 is 0 Å². The molecule has 1 rings (SSSR count). The van der Waals surface area contributed by atoms with Crippen LogP contribution in [0.25, 0.3) is 0 Å². The Hall–Kier alpha value is 1.57. The van der Waals surface area contributed by atoms with E-state index in [0.717, 1.165) is 13.1 Å². The summed E-state index contributed by atoms with van der Waals surface area (Å²) in [6, 6.07) is 0. The molecule has 2 nitrogen and oxygen atoms in total. The lowest BCUT2D eigenvalue weighted by molar-refractivity contribution is 0.385. The quantitative estimate of drug-likeness (QED) is 0.398. The van der Waals surface area contributed by atoms with Gasteiger partial charge in [0, 0.05) is 57.2 Å². The molecule has 48 valence electrons. The van der Waals surface area contributed by atoms with Crippen LogP contribution in [-0.2, 0) is 7.97 Å². The van der Waals surface area contributed by atoms with E-state index in [1.54, 1.807) is 0 Å². The maximum Gasteiger partial charge on any atom is 0.0893 e. The molecule has 1 fully saturated rings. The first-order valence-corrected chi connectivity index (χ1v) is 6.90. The Bertz CT molecular complexity index is 114. The fourth-order valence-corrected chi connectivity index (χ4v) is 3.55. The fourth-order valence-electron chi connectivity index (χ4n) is 0.506. The maximum absolute atomic E-state index is 10.6. The Morgan fingerprint density at radius 3 is 2.25 bits per heavy atom. The summed E-state index contributed by atoms with van der Waals surface area (Å²) in [6.45, 7) is 1.99. The van der Waals surface area contributed by atoms with Gasteiger partial charge < -0.3 is 0 Å². The van der Waals surface area contributed by atoms with Crippen molar-refractivity contribution in [2.75, 3.05) is 13.1 Å². The second kappa shape index (κ2) is 3.11. The monoisotopic (exact) mass is 357 g/mol. The van der Waals surface area contributed by atoms with E-state index in [9.17, 15) is 4.21 Å². The van der Waals surface area contributed by atoms with E-state index in [0.29, 0.717) is 5.25 Å². The Morgan fingerprint density at radius 2 is 2.12 bits per heavy atom. The van der Waals surface area contributed by atoms with E-state index in [1.807, 2.05) is 21.2 Å². The van der Waals surface area contributed by atoms with Crippen molar-refractivity contribution < 1.29 is 4.21 Å². The number of hydrogen-bond donors (Lipinski definition) is 0. The summed E-state index contributed by atoms with van der Waals surface area (Å²) < 4.78 is 12.8. The largest absolute Gasteiger partial charge is 0.248 e. The number of hydrogen-bond acceptors (Lipinski definition) is 2. The SMILES string of the molecule is O=S(I)C1CN(I)C1. The topological polar surface area (TPSA) is 20.3 Å². The molecule has 0 aromatic heterocycles. The first-order valence-electron chi connectivity index (χ1n) is 2.17. The molecule has 0 bridgehead atoms. The molecule has 1 atom stereocenters. The average Bonchev–Trinajstić information content (AvgIpc) is 1.57. The van der Waals surface area contributed by atoms with Gasteiger partial charge in [0.05, 0.1) is 13.2 Å². The van der Waals surface area contributed by atoms with Crippen molar-refractivity contribution >= 4 is 52.0 Å². The molecule has 0 aromatic rings. The van der Waals surface area contributed by atoms with Gasteiger partial charge in [-0.25, -0.2) is 7.32 Å². The average molecular weight is 357 g/mol. The third-order valence-electron chi connectivity index (χ3n) is 1.07. The van der Waals surface area contributed by atoms with Gasteiger partial charge in [-0.3, -0.25) is 0 Å². The highest BCUT2D eigenvalue weighted by molar-refractivity contribution is 14.2. The summed E-state index contributed by atoms with van der Waals surface area (Å²) in [5.41, 5.74) is 0. The van der Waals surface area contributed by atoms with Crippen molar-refractivity contribution in [3.8, 4) is 0 Å². The van der Waals surface area contributed by atoms with Crippen molar-refractivity contribution in [1.82, 2.24) is 3.11 Å². The number of rotatable bonds is 1. The highest BCUT2D eigenvalue weighted by Crippen LogP contribution is 2.20. The smallest absolute Gasteiger partial charge is 0.0893 e. The third-order valence-corrected chi connectivity index (χ3v) is 4.83. The van der Waals surface area contributed by atoms with Gasteiger partial charge >= 0.3 is 0 Å². The van der Waals surface area contributed by atoms with Crippen LogP contribution in [0.2, 0.25) is 0 Å². The van der Waals surface area contributed by atoms with Crippen LogP contribution >= 0.6 is 44.1 Å². The Morgan fingerprint density at radius 1 is 1.62 bits per heavy atom. The number of nitrogens with zero attached hydrogens (tertiary/aromatic N) is 1. The highest BCUT2D eigenvalue weighted by atomic mass is 127. The highest BCUT2D eigenvalue weighted by Gasteiger charge is 2.28. The summed E-state index contributed by atoms with van der Waals surface area (Å²) >= 11 is 4.21. The van der Waals surface area contributed by atoms with Crippen molar-refractivity contribution in [3.05, 3.63) is 0 Å².